The minimum atomic E-state index is -0.195. The number of aryl methyl sites for hydroxylation is 2. The second-order valence-electron chi connectivity index (χ2n) is 5.74. The van der Waals surface area contributed by atoms with Crippen LogP contribution in [0.25, 0.3) is 0 Å². The zero-order valence-corrected chi connectivity index (χ0v) is 13.3. The first kappa shape index (κ1) is 16.3. The van der Waals surface area contributed by atoms with E-state index in [-0.39, 0.29) is 29.8 Å². The summed E-state index contributed by atoms with van der Waals surface area (Å²) in [6.45, 7) is 5.00. The summed E-state index contributed by atoms with van der Waals surface area (Å²) in [7, 11) is 1.39. The van der Waals surface area contributed by atoms with E-state index in [4.69, 9.17) is 4.74 Å². The number of carbonyl (C=O) groups excluding carboxylic acids is 2. The highest BCUT2D eigenvalue weighted by atomic mass is 16.5. The molecule has 2 heterocycles. The first-order valence-electron chi connectivity index (χ1n) is 7.46. The number of ether oxygens (including phenoxy) is 1. The van der Waals surface area contributed by atoms with E-state index in [0.717, 1.165) is 11.4 Å². The molecule has 0 atom stereocenters. The largest absolute Gasteiger partial charge is 0.469 e. The third-order valence-electron chi connectivity index (χ3n) is 4.23. The predicted molar refractivity (Wildman–Crippen MR) is 81.5 cm³/mol. The Labute approximate surface area is 129 Å². The molecule has 6 nitrogen and oxygen atoms in total. The van der Waals surface area contributed by atoms with Gasteiger partial charge >= 0.3 is 5.97 Å². The number of likely N-dealkylation sites (tertiary alicyclic amines) is 1. The Morgan fingerprint density at radius 2 is 1.73 bits per heavy atom. The number of methoxy groups -OCH3 is 1. The summed E-state index contributed by atoms with van der Waals surface area (Å²) in [5.74, 6) is -0.290. The summed E-state index contributed by atoms with van der Waals surface area (Å²) in [6, 6.07) is 3.06. The van der Waals surface area contributed by atoms with E-state index < -0.39 is 0 Å². The molecule has 1 aromatic rings. The van der Waals surface area contributed by atoms with Crippen LogP contribution in [0.5, 0.6) is 0 Å². The van der Waals surface area contributed by atoms with Gasteiger partial charge in [0, 0.05) is 36.6 Å². The van der Waals surface area contributed by atoms with Crippen LogP contribution in [0.2, 0.25) is 0 Å². The first-order chi connectivity index (χ1) is 10.4. The van der Waals surface area contributed by atoms with E-state index in [1.165, 1.54) is 19.2 Å². The smallest absolute Gasteiger partial charge is 0.308 e. The standard InChI is InChI=1S/C16H22N2O4/c1-11-8-14(19)9-12(2)18(11)10-15(20)17-6-4-13(5-7-17)16(21)22-3/h8-9,13H,4-7,10H2,1-3H3. The van der Waals surface area contributed by atoms with Crippen molar-refractivity contribution in [2.24, 2.45) is 5.92 Å². The van der Waals surface area contributed by atoms with Gasteiger partial charge in [0.25, 0.3) is 0 Å². The minimum Gasteiger partial charge on any atom is -0.469 e. The maximum absolute atomic E-state index is 12.4. The summed E-state index contributed by atoms with van der Waals surface area (Å²) >= 11 is 0. The van der Waals surface area contributed by atoms with Crippen molar-refractivity contribution in [2.45, 2.75) is 33.2 Å². The van der Waals surface area contributed by atoms with Crippen molar-refractivity contribution in [1.82, 2.24) is 9.47 Å². The number of piperidine rings is 1. The summed E-state index contributed by atoms with van der Waals surface area (Å²) in [5.41, 5.74) is 1.52. The zero-order chi connectivity index (χ0) is 16.3. The fourth-order valence-corrected chi connectivity index (χ4v) is 2.90. The molecule has 0 N–H and O–H groups in total. The van der Waals surface area contributed by atoms with Gasteiger partial charge in [-0.05, 0) is 26.7 Å². The number of hydrogen-bond donors (Lipinski definition) is 0. The van der Waals surface area contributed by atoms with Gasteiger partial charge in [-0.2, -0.15) is 0 Å². The average molecular weight is 306 g/mol. The maximum Gasteiger partial charge on any atom is 0.308 e. The molecule has 6 heteroatoms. The molecule has 1 saturated heterocycles. The lowest BCUT2D eigenvalue weighted by molar-refractivity contribution is -0.149. The van der Waals surface area contributed by atoms with Gasteiger partial charge in [-0.15, -0.1) is 0 Å². The van der Waals surface area contributed by atoms with E-state index in [2.05, 4.69) is 0 Å². The highest BCUT2D eigenvalue weighted by Crippen LogP contribution is 2.19. The molecule has 0 unspecified atom stereocenters. The van der Waals surface area contributed by atoms with Crippen LogP contribution in [0.1, 0.15) is 24.2 Å². The fourth-order valence-electron chi connectivity index (χ4n) is 2.90. The lowest BCUT2D eigenvalue weighted by atomic mass is 9.97. The molecule has 0 saturated carbocycles. The van der Waals surface area contributed by atoms with Gasteiger partial charge in [0.1, 0.15) is 6.54 Å². The van der Waals surface area contributed by atoms with Crippen molar-refractivity contribution in [3.05, 3.63) is 33.7 Å². The summed E-state index contributed by atoms with van der Waals surface area (Å²) in [5, 5.41) is 0. The second kappa shape index (κ2) is 6.77. The van der Waals surface area contributed by atoms with Gasteiger partial charge in [0.05, 0.1) is 13.0 Å². The molecule has 0 spiro atoms. The SMILES string of the molecule is COC(=O)C1CCN(C(=O)Cn2c(C)cc(=O)cc2C)CC1. The number of pyridine rings is 1. The summed E-state index contributed by atoms with van der Waals surface area (Å²) in [4.78, 5) is 37.1. The number of esters is 1. The molecule has 0 bridgehead atoms. The van der Waals surface area contributed by atoms with Crippen molar-refractivity contribution in [3.63, 3.8) is 0 Å². The van der Waals surface area contributed by atoms with Crippen LogP contribution in [0.3, 0.4) is 0 Å². The topological polar surface area (TPSA) is 68.6 Å². The van der Waals surface area contributed by atoms with Gasteiger partial charge in [-0.25, -0.2) is 0 Å². The number of aromatic nitrogens is 1. The van der Waals surface area contributed by atoms with Gasteiger partial charge in [-0.1, -0.05) is 0 Å². The second-order valence-corrected chi connectivity index (χ2v) is 5.74. The van der Waals surface area contributed by atoms with Crippen LogP contribution in [-0.2, 0) is 20.9 Å². The predicted octanol–water partition coefficient (Wildman–Crippen LogP) is 0.877. The van der Waals surface area contributed by atoms with Crippen LogP contribution >= 0.6 is 0 Å². The molecular formula is C16H22N2O4. The first-order valence-corrected chi connectivity index (χ1v) is 7.46. The Balaban J connectivity index is 2.00. The van der Waals surface area contributed by atoms with E-state index in [1.54, 1.807) is 4.90 Å². The Hall–Kier alpha value is -2.11. The lowest BCUT2D eigenvalue weighted by Crippen LogP contribution is -2.42. The average Bonchev–Trinajstić information content (AvgIpc) is 2.50. The van der Waals surface area contributed by atoms with Gasteiger partial charge in [0.2, 0.25) is 5.91 Å². The molecular weight excluding hydrogens is 284 g/mol. The van der Waals surface area contributed by atoms with E-state index in [1.807, 2.05) is 18.4 Å². The number of hydrogen-bond acceptors (Lipinski definition) is 4. The highest BCUT2D eigenvalue weighted by Gasteiger charge is 2.27. The van der Waals surface area contributed by atoms with E-state index in [9.17, 15) is 14.4 Å². The molecule has 1 aliphatic heterocycles. The normalized spacial score (nSPS) is 15.7. The van der Waals surface area contributed by atoms with Crippen molar-refractivity contribution < 1.29 is 14.3 Å². The molecule has 0 aliphatic carbocycles. The number of rotatable bonds is 3. The zero-order valence-electron chi connectivity index (χ0n) is 13.3. The van der Waals surface area contributed by atoms with Crippen LogP contribution in [-0.4, -0.2) is 41.5 Å². The molecule has 0 aromatic carbocycles. The van der Waals surface area contributed by atoms with Crippen molar-refractivity contribution in [2.75, 3.05) is 20.2 Å². The van der Waals surface area contributed by atoms with E-state index >= 15 is 0 Å². The molecule has 1 aromatic heterocycles. The summed E-state index contributed by atoms with van der Waals surface area (Å²) < 4.78 is 6.59. The molecule has 22 heavy (non-hydrogen) atoms. The fraction of sp³-hybridized carbons (Fsp3) is 0.562. The number of amides is 1. The van der Waals surface area contributed by atoms with Crippen LogP contribution in [0, 0.1) is 19.8 Å². The van der Waals surface area contributed by atoms with Gasteiger partial charge in [0.15, 0.2) is 5.43 Å². The van der Waals surface area contributed by atoms with Crippen LogP contribution in [0.4, 0.5) is 0 Å². The maximum atomic E-state index is 12.4. The third kappa shape index (κ3) is 3.55. The molecule has 1 amide bonds. The Kier molecular flexibility index (Phi) is 5.00. The van der Waals surface area contributed by atoms with E-state index in [0.29, 0.717) is 25.9 Å². The van der Waals surface area contributed by atoms with Crippen LogP contribution < -0.4 is 5.43 Å². The van der Waals surface area contributed by atoms with Gasteiger partial charge < -0.3 is 14.2 Å². The molecule has 120 valence electrons. The summed E-state index contributed by atoms with van der Waals surface area (Å²) in [6.07, 6.45) is 1.28. The monoisotopic (exact) mass is 306 g/mol. The number of nitrogens with zero attached hydrogens (tertiary/aromatic N) is 2. The van der Waals surface area contributed by atoms with Crippen molar-refractivity contribution >= 4 is 11.9 Å². The quantitative estimate of drug-likeness (QED) is 0.777. The highest BCUT2D eigenvalue weighted by molar-refractivity contribution is 5.77. The molecule has 1 fully saturated rings. The van der Waals surface area contributed by atoms with Crippen molar-refractivity contribution in [3.8, 4) is 0 Å². The van der Waals surface area contributed by atoms with Gasteiger partial charge in [-0.3, -0.25) is 14.4 Å². The third-order valence-corrected chi connectivity index (χ3v) is 4.23. The Bertz CT molecular complexity index is 601. The minimum absolute atomic E-state index is 0.0122. The Morgan fingerprint density at radius 1 is 1.18 bits per heavy atom. The van der Waals surface area contributed by atoms with Crippen molar-refractivity contribution in [1.29, 1.82) is 0 Å². The van der Waals surface area contributed by atoms with Crippen LogP contribution in [0.15, 0.2) is 16.9 Å². The Morgan fingerprint density at radius 3 is 2.23 bits per heavy atom. The number of carbonyl (C=O) groups is 2. The molecule has 0 radical (unpaired) electrons. The molecule has 2 rings (SSSR count). The lowest BCUT2D eigenvalue weighted by Gasteiger charge is -2.31. The molecule has 1 aliphatic rings.